The van der Waals surface area contributed by atoms with E-state index in [0.29, 0.717) is 5.41 Å². The first-order chi connectivity index (χ1) is 11.3. The molecular formula is C21H37N3. The minimum Gasteiger partial charge on any atom is -0.244 e. The van der Waals surface area contributed by atoms with Crippen LogP contribution in [-0.2, 0) is 18.4 Å². The van der Waals surface area contributed by atoms with Gasteiger partial charge in [0.05, 0.1) is 16.9 Å². The van der Waals surface area contributed by atoms with Crippen LogP contribution in [-0.4, -0.2) is 15.0 Å². The Labute approximate surface area is 148 Å². The van der Waals surface area contributed by atoms with Gasteiger partial charge in [-0.1, -0.05) is 52.2 Å². The third kappa shape index (κ3) is 3.41. The van der Waals surface area contributed by atoms with Gasteiger partial charge in [0.25, 0.3) is 0 Å². The molecule has 1 heterocycles. The quantitative estimate of drug-likeness (QED) is 0.678. The number of rotatable bonds is 5. The lowest BCUT2D eigenvalue weighted by Crippen LogP contribution is -2.29. The molecule has 136 valence electrons. The first-order valence-corrected chi connectivity index (χ1v) is 10.2. The summed E-state index contributed by atoms with van der Waals surface area (Å²) >= 11 is 0. The number of aromatic nitrogens is 3. The van der Waals surface area contributed by atoms with E-state index >= 15 is 0 Å². The van der Waals surface area contributed by atoms with Crippen LogP contribution >= 0.6 is 0 Å². The largest absolute Gasteiger partial charge is 0.244 e. The summed E-state index contributed by atoms with van der Waals surface area (Å²) in [7, 11) is 0. The van der Waals surface area contributed by atoms with Crippen LogP contribution < -0.4 is 0 Å². The van der Waals surface area contributed by atoms with Gasteiger partial charge < -0.3 is 0 Å². The molecule has 0 spiro atoms. The van der Waals surface area contributed by atoms with Crippen LogP contribution in [0.2, 0.25) is 0 Å². The van der Waals surface area contributed by atoms with Crippen LogP contribution in [0.4, 0.5) is 0 Å². The minimum absolute atomic E-state index is 0.0985. The molecule has 3 atom stereocenters. The molecule has 3 heteroatoms. The highest BCUT2D eigenvalue weighted by Crippen LogP contribution is 2.60. The topological polar surface area (TPSA) is 30.7 Å². The molecule has 0 amide bonds. The van der Waals surface area contributed by atoms with Crippen LogP contribution in [0.25, 0.3) is 0 Å². The zero-order chi connectivity index (χ0) is 17.5. The molecule has 1 fully saturated rings. The maximum absolute atomic E-state index is 4.61. The van der Waals surface area contributed by atoms with Crippen LogP contribution in [0, 0.1) is 23.2 Å². The second-order valence-corrected chi connectivity index (χ2v) is 9.96. The number of aryl methyl sites for hydroxylation is 1. The molecule has 0 aromatic carbocycles. The Balaban J connectivity index is 1.74. The Morgan fingerprint density at radius 3 is 2.29 bits per heavy atom. The second kappa shape index (κ2) is 6.46. The van der Waals surface area contributed by atoms with Gasteiger partial charge in [-0.05, 0) is 69.1 Å². The molecule has 2 aliphatic rings. The van der Waals surface area contributed by atoms with E-state index in [1.165, 1.54) is 56.3 Å². The highest BCUT2D eigenvalue weighted by Gasteiger charge is 2.54. The summed E-state index contributed by atoms with van der Waals surface area (Å²) in [6, 6.07) is 0. The SMILES string of the molecule is CCCCCC(C)(C)n1nnc2c1CC[C@@H]1C(C(C)(C)C)[C@@H]1CC2. The van der Waals surface area contributed by atoms with Gasteiger partial charge in [-0.15, -0.1) is 5.10 Å². The molecule has 0 bridgehead atoms. The lowest BCUT2D eigenvalue weighted by atomic mass is 9.87. The first kappa shape index (κ1) is 17.9. The van der Waals surface area contributed by atoms with E-state index in [1.54, 1.807) is 0 Å². The van der Waals surface area contributed by atoms with Gasteiger partial charge in [-0.25, -0.2) is 4.68 Å². The molecule has 0 saturated heterocycles. The Hall–Kier alpha value is -0.860. The predicted octanol–water partition coefficient (Wildman–Crippen LogP) is 5.38. The molecule has 1 unspecified atom stereocenters. The fourth-order valence-corrected chi connectivity index (χ4v) is 5.30. The molecule has 3 rings (SSSR count). The van der Waals surface area contributed by atoms with Gasteiger partial charge in [0, 0.05) is 0 Å². The zero-order valence-corrected chi connectivity index (χ0v) is 16.7. The molecule has 1 aromatic heterocycles. The van der Waals surface area contributed by atoms with E-state index in [2.05, 4.69) is 56.5 Å². The van der Waals surface area contributed by atoms with E-state index in [9.17, 15) is 0 Å². The van der Waals surface area contributed by atoms with Crippen molar-refractivity contribution in [2.75, 3.05) is 0 Å². The van der Waals surface area contributed by atoms with Crippen LogP contribution in [0.1, 0.15) is 91.5 Å². The van der Waals surface area contributed by atoms with Gasteiger partial charge >= 0.3 is 0 Å². The van der Waals surface area contributed by atoms with Crippen molar-refractivity contribution in [2.24, 2.45) is 23.2 Å². The van der Waals surface area contributed by atoms with Crippen LogP contribution in [0.3, 0.4) is 0 Å². The molecular weight excluding hydrogens is 294 g/mol. The van der Waals surface area contributed by atoms with Gasteiger partial charge in [0.2, 0.25) is 0 Å². The predicted molar refractivity (Wildman–Crippen MR) is 100 cm³/mol. The summed E-state index contributed by atoms with van der Waals surface area (Å²) in [5.41, 5.74) is 3.29. The van der Waals surface area contributed by atoms with Crippen molar-refractivity contribution in [3.63, 3.8) is 0 Å². The van der Waals surface area contributed by atoms with Crippen molar-refractivity contribution in [1.29, 1.82) is 0 Å². The molecule has 2 aliphatic carbocycles. The first-order valence-electron chi connectivity index (χ1n) is 10.2. The maximum atomic E-state index is 4.61. The van der Waals surface area contributed by atoms with Gasteiger partial charge in [-0.3, -0.25) is 0 Å². The average Bonchev–Trinajstić information content (AvgIpc) is 3.01. The fourth-order valence-electron chi connectivity index (χ4n) is 5.30. The molecule has 1 saturated carbocycles. The summed E-state index contributed by atoms with van der Waals surface area (Å²) in [5, 5.41) is 9.21. The molecule has 0 radical (unpaired) electrons. The van der Waals surface area contributed by atoms with Crippen LogP contribution in [0.15, 0.2) is 0 Å². The summed E-state index contributed by atoms with van der Waals surface area (Å²) in [5.74, 6) is 2.78. The molecule has 1 aromatic rings. The number of nitrogens with zero attached hydrogens (tertiary/aromatic N) is 3. The Bertz CT molecular complexity index is 564. The van der Waals surface area contributed by atoms with E-state index in [1.807, 2.05) is 0 Å². The third-order valence-electron chi connectivity index (χ3n) is 6.57. The molecule has 24 heavy (non-hydrogen) atoms. The molecule has 0 aliphatic heterocycles. The van der Waals surface area contributed by atoms with Gasteiger partial charge in [-0.2, -0.15) is 0 Å². The molecule has 3 nitrogen and oxygen atoms in total. The van der Waals surface area contributed by atoms with Crippen molar-refractivity contribution in [2.45, 2.75) is 98.4 Å². The summed E-state index contributed by atoms with van der Waals surface area (Å²) < 4.78 is 2.28. The van der Waals surface area contributed by atoms with Crippen molar-refractivity contribution in [1.82, 2.24) is 15.0 Å². The zero-order valence-electron chi connectivity index (χ0n) is 16.7. The van der Waals surface area contributed by atoms with E-state index in [-0.39, 0.29) is 5.54 Å². The van der Waals surface area contributed by atoms with Crippen molar-refractivity contribution < 1.29 is 0 Å². The highest BCUT2D eigenvalue weighted by molar-refractivity contribution is 5.17. The molecule has 0 N–H and O–H groups in total. The minimum atomic E-state index is 0.0985. The number of fused-ring (bicyclic) bond motifs is 2. The third-order valence-corrected chi connectivity index (χ3v) is 6.57. The Morgan fingerprint density at radius 2 is 1.67 bits per heavy atom. The highest BCUT2D eigenvalue weighted by atomic mass is 15.5. The summed E-state index contributed by atoms with van der Waals surface area (Å²) in [6.07, 6.45) is 10.0. The second-order valence-electron chi connectivity index (χ2n) is 9.96. The lowest BCUT2D eigenvalue weighted by Gasteiger charge is -2.27. The van der Waals surface area contributed by atoms with Crippen molar-refractivity contribution in [3.8, 4) is 0 Å². The smallest absolute Gasteiger partial charge is 0.0859 e. The maximum Gasteiger partial charge on any atom is 0.0859 e. The van der Waals surface area contributed by atoms with E-state index < -0.39 is 0 Å². The average molecular weight is 332 g/mol. The van der Waals surface area contributed by atoms with E-state index in [4.69, 9.17) is 0 Å². The summed E-state index contributed by atoms with van der Waals surface area (Å²) in [4.78, 5) is 0. The Morgan fingerprint density at radius 1 is 1.00 bits per heavy atom. The summed E-state index contributed by atoms with van der Waals surface area (Å²) in [6.45, 7) is 14.2. The lowest BCUT2D eigenvalue weighted by molar-refractivity contribution is 0.269. The fraction of sp³-hybridized carbons (Fsp3) is 0.905. The number of hydrogen-bond donors (Lipinski definition) is 0. The standard InChI is InChI=1S/C21H37N3/c1-7-8-9-14-21(5,6)24-18-13-11-16-15(19(16)20(2,3)4)10-12-17(18)22-23-24/h15-16,19H,7-14H2,1-6H3/t15-,16+,19?/m1/s1. The monoisotopic (exact) mass is 331 g/mol. The van der Waals surface area contributed by atoms with Gasteiger partial charge in [0.15, 0.2) is 0 Å². The van der Waals surface area contributed by atoms with Gasteiger partial charge in [0.1, 0.15) is 0 Å². The van der Waals surface area contributed by atoms with Crippen molar-refractivity contribution >= 4 is 0 Å². The van der Waals surface area contributed by atoms with Crippen LogP contribution in [0.5, 0.6) is 0 Å². The number of unbranched alkanes of at least 4 members (excludes halogenated alkanes) is 2. The normalized spacial score (nSPS) is 27.2. The van der Waals surface area contributed by atoms with E-state index in [0.717, 1.165) is 24.2 Å². The number of hydrogen-bond acceptors (Lipinski definition) is 2. The van der Waals surface area contributed by atoms with Crippen molar-refractivity contribution in [3.05, 3.63) is 11.4 Å². The Kier molecular flexibility index (Phi) is 4.83.